The average Bonchev–Trinajstić information content (AvgIpc) is 0.757. The van der Waals surface area contributed by atoms with Crippen molar-refractivity contribution in [2.45, 2.75) is 176 Å². The van der Waals surface area contributed by atoms with Gasteiger partial charge in [-0.25, -0.2) is 19.6 Å². The maximum Gasteiger partial charge on any atom is 0.355 e. The quantitative estimate of drug-likeness (QED) is 0.0130. The highest BCUT2D eigenvalue weighted by Gasteiger charge is 2.65. The molecule has 8 N–H and O–H groups in total. The number of anilines is 5. The Morgan fingerprint density at radius 3 is 2.23 bits per heavy atom. The Hall–Kier alpha value is -8.68. The Labute approximate surface area is 582 Å². The zero-order chi connectivity index (χ0) is 69.9. The van der Waals surface area contributed by atoms with Crippen LogP contribution in [0, 0.1) is 41.4 Å². The lowest BCUT2D eigenvalue weighted by molar-refractivity contribution is -0.940. The minimum atomic E-state index is -1.10. The van der Waals surface area contributed by atoms with E-state index in [2.05, 4.69) is 69.3 Å². The van der Waals surface area contributed by atoms with Crippen molar-refractivity contribution in [3.05, 3.63) is 107 Å². The maximum atomic E-state index is 14.1. The topological polar surface area (TPSA) is 311 Å². The molecule has 1 saturated heterocycles. The first-order valence-electron chi connectivity index (χ1n) is 35.4. The number of carbonyl (C=O) groups is 7. The number of carboxylic acid groups (broad SMARTS) is 1. The normalized spacial score (nSPS) is 22.9. The van der Waals surface area contributed by atoms with Crippen LogP contribution in [-0.2, 0) is 48.2 Å². The second-order valence-corrected chi connectivity index (χ2v) is 31.4. The number of fused-ring (bicyclic) bond motifs is 2. The molecule has 5 fully saturated rings. The van der Waals surface area contributed by atoms with Crippen LogP contribution in [0.15, 0.2) is 79.0 Å². The summed E-state index contributed by atoms with van der Waals surface area (Å²) in [6.45, 7) is 18.7. The molecule has 99 heavy (non-hydrogen) atoms. The van der Waals surface area contributed by atoms with Crippen LogP contribution in [0.25, 0.3) is 21.3 Å². The summed E-state index contributed by atoms with van der Waals surface area (Å²) in [7, 11) is 0. The molecule has 0 radical (unpaired) electrons. The summed E-state index contributed by atoms with van der Waals surface area (Å²) in [5.41, 5.74) is 13.0. The van der Waals surface area contributed by atoms with Gasteiger partial charge in [-0.1, -0.05) is 63.3 Å². The Bertz CT molecular complexity index is 4000. The average molecular weight is 1370 g/mol. The molecule has 25 heteroatoms. The first kappa shape index (κ1) is 70.2. The number of likely N-dealkylation sites (tertiary alicyclic amines) is 1. The van der Waals surface area contributed by atoms with Gasteiger partial charge in [0.05, 0.1) is 55.8 Å². The molecule has 2 aromatic carbocycles. The number of nitrogens with zero attached hydrogens (tertiary/aromatic N) is 9. The third kappa shape index (κ3) is 16.0. The van der Waals surface area contributed by atoms with Crippen molar-refractivity contribution in [1.82, 2.24) is 50.8 Å². The van der Waals surface area contributed by atoms with E-state index in [0.717, 1.165) is 118 Å². The van der Waals surface area contributed by atoms with Crippen molar-refractivity contribution >= 4 is 91.4 Å². The van der Waals surface area contributed by atoms with E-state index in [1.807, 2.05) is 66.6 Å². The standard InChI is InChI=1S/C74H95N15O9S/c1-47(2)62(82-59(90)28-36-98-37-32-87-60(91)26-27-61(87)92)67(94)79-56(18-13-30-76-69(75)97)66(93)78-51-22-20-50(21-23-51)39-89(33-11-7-8-12-34-89)35-15-29-73-41-71(5)40-72(6,42-73)44-74(43-71,45-73)46-88-49(4)54(38-77-88)53-24-25-58(81-63(53)68(95)96)86-31-14-16-52-48(3)64(84-85-65(52)86)83-70-80-55-17-9-10-19-57(55)99-70/h9-10,17,19-27,38,47,56,62H,7-8,11-16,18,28-37,39-46H2,1-6H3,(H7-,75,76,78,79,80,82,83,84,90,93,94,95,96,97)/p+1/t56-,62-,71?,72?,73?,74?/m0/s1. The molecule has 526 valence electrons. The van der Waals surface area contributed by atoms with E-state index in [4.69, 9.17) is 30.6 Å². The van der Waals surface area contributed by atoms with Crippen LogP contribution in [-0.4, -0.2) is 151 Å². The van der Waals surface area contributed by atoms with E-state index in [-0.39, 0.29) is 72.4 Å². The fraction of sp³-hybridized carbons (Fsp3) is 0.541. The number of hydrogen-bond donors (Lipinski definition) is 7. The molecule has 4 atom stereocenters. The SMILES string of the molecule is Cc1c(Nc2nc3ccccc3s2)nnc2c1CCCN2c1ccc(-c2cnn(CC34CC5(C)CC(C)(CC(CCC[N+]6(Cc7ccc(NC(=O)[C@H](CCCNC(N)=O)NC(=O)[C@@H](NC(=O)CCOCCN8C(=O)C=CC8=O)C(C)C)cc7)CCCCCC6)(C5)C3)C4)c2C)c(C(=O)O)n1. The number of nitrogens with one attached hydrogen (secondary N) is 5. The van der Waals surface area contributed by atoms with E-state index < -0.39 is 53.6 Å². The van der Waals surface area contributed by atoms with Crippen molar-refractivity contribution in [3.8, 4) is 11.1 Å². The molecular formula is C74H96N15O9S+. The highest BCUT2D eigenvalue weighted by atomic mass is 32.1. The monoisotopic (exact) mass is 1370 g/mol. The molecule has 24 nitrogen and oxygen atoms in total. The minimum Gasteiger partial charge on any atom is -0.476 e. The van der Waals surface area contributed by atoms with Gasteiger partial charge in [-0.2, -0.15) is 5.10 Å². The summed E-state index contributed by atoms with van der Waals surface area (Å²) in [5.74, 6) is -1.86. The van der Waals surface area contributed by atoms with E-state index >= 15 is 0 Å². The summed E-state index contributed by atoms with van der Waals surface area (Å²) in [5, 5.41) is 40.7. The number of primary amides is 1. The van der Waals surface area contributed by atoms with Crippen molar-refractivity contribution < 1.29 is 47.9 Å². The van der Waals surface area contributed by atoms with Crippen LogP contribution in [0.2, 0.25) is 0 Å². The Morgan fingerprint density at radius 1 is 0.798 bits per heavy atom. The van der Waals surface area contributed by atoms with E-state index in [1.54, 1.807) is 25.2 Å². The van der Waals surface area contributed by atoms with Crippen molar-refractivity contribution in [3.63, 3.8) is 0 Å². The number of para-hydroxylation sites is 1. The smallest absolute Gasteiger partial charge is 0.355 e. The van der Waals surface area contributed by atoms with Crippen LogP contribution < -0.4 is 37.2 Å². The van der Waals surface area contributed by atoms with Crippen LogP contribution in [0.3, 0.4) is 0 Å². The molecule has 4 aliphatic carbocycles. The maximum absolute atomic E-state index is 14.1. The largest absolute Gasteiger partial charge is 0.476 e. The Balaban J connectivity index is 0.683. The second kappa shape index (κ2) is 29.3. The predicted octanol–water partition coefficient (Wildman–Crippen LogP) is 10.6. The summed E-state index contributed by atoms with van der Waals surface area (Å²) in [6, 6.07) is 17.2. The van der Waals surface area contributed by atoms with Crippen LogP contribution >= 0.6 is 11.3 Å². The van der Waals surface area contributed by atoms with Crippen molar-refractivity contribution in [2.24, 2.45) is 33.3 Å². The number of nitrogens with two attached hydrogens (primary N) is 1. The molecule has 4 bridgehead atoms. The minimum absolute atomic E-state index is 0.00134. The number of imide groups is 1. The molecule has 13 rings (SSSR count). The number of aromatic carboxylic acids is 1. The van der Waals surface area contributed by atoms with E-state index in [0.29, 0.717) is 41.7 Å². The summed E-state index contributed by atoms with van der Waals surface area (Å²) in [6.07, 6.45) is 20.6. The molecule has 7 amide bonds. The fourth-order valence-corrected chi connectivity index (χ4v) is 19.4. The molecule has 4 saturated carbocycles. The molecule has 6 aromatic rings. The zero-order valence-corrected chi connectivity index (χ0v) is 58.9. The predicted molar refractivity (Wildman–Crippen MR) is 379 cm³/mol. The molecule has 2 unspecified atom stereocenters. The summed E-state index contributed by atoms with van der Waals surface area (Å²) >= 11 is 1.57. The van der Waals surface area contributed by atoms with E-state index in [9.17, 15) is 38.7 Å². The van der Waals surface area contributed by atoms with Gasteiger partial charge >= 0.3 is 12.0 Å². The highest BCUT2D eigenvalue weighted by molar-refractivity contribution is 7.22. The molecule has 7 aliphatic rings. The molecule has 3 aliphatic heterocycles. The van der Waals surface area contributed by atoms with Gasteiger partial charge in [0.25, 0.3) is 11.8 Å². The van der Waals surface area contributed by atoms with Gasteiger partial charge in [0.15, 0.2) is 22.5 Å². The first-order chi connectivity index (χ1) is 47.4. The number of rotatable bonds is 29. The summed E-state index contributed by atoms with van der Waals surface area (Å²) in [4.78, 5) is 102. The van der Waals surface area contributed by atoms with Crippen LogP contribution in [0.4, 0.5) is 33.1 Å². The highest BCUT2D eigenvalue weighted by Crippen LogP contribution is 2.75. The fourth-order valence-electron chi connectivity index (χ4n) is 18.6. The molecule has 4 aromatic heterocycles. The number of ether oxygens (including phenoxy) is 1. The molecule has 0 spiro atoms. The molecule has 7 heterocycles. The van der Waals surface area contributed by atoms with Gasteiger partial charge in [0.2, 0.25) is 17.7 Å². The van der Waals surface area contributed by atoms with Crippen LogP contribution in [0.1, 0.15) is 163 Å². The second-order valence-electron chi connectivity index (χ2n) is 30.4. The number of benzene rings is 2. The number of carbonyl (C=O) groups excluding carboxylic acids is 6. The van der Waals surface area contributed by atoms with Gasteiger partial charge in [0.1, 0.15) is 24.4 Å². The third-order valence-corrected chi connectivity index (χ3v) is 22.7. The number of pyridine rings is 1. The van der Waals surface area contributed by atoms with Gasteiger partial charge < -0.3 is 51.5 Å². The number of carboxylic acids is 1. The Morgan fingerprint density at radius 2 is 1.53 bits per heavy atom. The lowest BCUT2D eigenvalue weighted by Crippen LogP contribution is -2.60. The van der Waals surface area contributed by atoms with Gasteiger partial charge in [0, 0.05) is 77.4 Å². The van der Waals surface area contributed by atoms with Gasteiger partial charge in [-0.15, -0.1) is 10.2 Å². The summed E-state index contributed by atoms with van der Waals surface area (Å²) < 4.78 is 9.79. The van der Waals surface area contributed by atoms with Crippen LogP contribution in [0.5, 0.6) is 0 Å². The Kier molecular flexibility index (Phi) is 20.7. The lowest BCUT2D eigenvalue weighted by atomic mass is 9.35. The number of quaternary nitrogens is 1. The van der Waals surface area contributed by atoms with Gasteiger partial charge in [-0.3, -0.25) is 33.6 Å². The molecular weight excluding hydrogens is 1270 g/mol. The first-order valence-corrected chi connectivity index (χ1v) is 36.2. The van der Waals surface area contributed by atoms with E-state index in [1.165, 1.54) is 69.1 Å². The number of aromatic nitrogens is 6. The van der Waals surface area contributed by atoms with Crippen molar-refractivity contribution in [1.29, 1.82) is 0 Å². The lowest BCUT2D eigenvalue weighted by Gasteiger charge is -2.70. The van der Waals surface area contributed by atoms with Gasteiger partial charge in [-0.05, 0) is 181 Å². The number of amides is 7. The third-order valence-electron chi connectivity index (χ3n) is 21.7. The van der Waals surface area contributed by atoms with Crippen molar-refractivity contribution in [2.75, 3.05) is 68.0 Å². The zero-order valence-electron chi connectivity index (χ0n) is 58.1. The number of thiazole rings is 1. The number of hydrogen-bond acceptors (Lipinski definition) is 16. The number of urea groups is 1.